The van der Waals surface area contributed by atoms with Crippen molar-refractivity contribution >= 4 is 23.3 Å². The predicted octanol–water partition coefficient (Wildman–Crippen LogP) is 3.38. The fraction of sp³-hybridized carbons (Fsp3) is 0.227. The van der Waals surface area contributed by atoms with Crippen molar-refractivity contribution in [3.63, 3.8) is 0 Å². The van der Waals surface area contributed by atoms with Gasteiger partial charge in [-0.1, -0.05) is 12.1 Å². The van der Waals surface area contributed by atoms with Crippen LogP contribution in [-0.2, 0) is 11.2 Å². The number of carbonyl (C=O) groups excluding carboxylic acids is 1. The van der Waals surface area contributed by atoms with Gasteiger partial charge in [0, 0.05) is 36.5 Å². The highest BCUT2D eigenvalue weighted by Gasteiger charge is 2.26. The normalized spacial score (nSPS) is 18.8. The summed E-state index contributed by atoms with van der Waals surface area (Å²) in [6.45, 7) is 4.13. The third-order valence-electron chi connectivity index (χ3n) is 5.31. The van der Waals surface area contributed by atoms with Crippen LogP contribution in [0.5, 0.6) is 5.88 Å². The topological polar surface area (TPSA) is 63.6 Å². The molecule has 3 aliphatic rings. The number of hydrogen-bond acceptors (Lipinski definition) is 5. The maximum absolute atomic E-state index is 12.6. The molecule has 2 aromatic rings. The Kier molecular flexibility index (Phi) is 3.67. The van der Waals surface area contributed by atoms with Gasteiger partial charge in [-0.05, 0) is 53.0 Å². The monoisotopic (exact) mass is 357 g/mol. The van der Waals surface area contributed by atoms with Gasteiger partial charge in [0.1, 0.15) is 12.3 Å². The summed E-state index contributed by atoms with van der Waals surface area (Å²) in [6, 6.07) is 6.25. The molecule has 0 unspecified atom stereocenters. The van der Waals surface area contributed by atoms with Crippen molar-refractivity contribution < 1.29 is 9.53 Å². The van der Waals surface area contributed by atoms with Crippen molar-refractivity contribution in [2.75, 3.05) is 25.0 Å². The van der Waals surface area contributed by atoms with E-state index >= 15 is 0 Å². The van der Waals surface area contributed by atoms with E-state index in [1.165, 1.54) is 0 Å². The number of anilines is 1. The van der Waals surface area contributed by atoms with E-state index in [1.54, 1.807) is 6.21 Å². The van der Waals surface area contributed by atoms with E-state index in [4.69, 9.17) is 4.74 Å². The summed E-state index contributed by atoms with van der Waals surface area (Å²) in [5.74, 6) is 0.831. The number of ketones is 1. The molecule has 0 saturated carbocycles. The Morgan fingerprint density at radius 1 is 1.26 bits per heavy atom. The van der Waals surface area contributed by atoms with E-state index in [-0.39, 0.29) is 5.78 Å². The van der Waals surface area contributed by atoms with Crippen LogP contribution >= 0.6 is 0 Å². The number of hydrogen-bond donors (Lipinski definition) is 1. The van der Waals surface area contributed by atoms with Gasteiger partial charge in [-0.25, -0.2) is 4.98 Å². The molecule has 1 aliphatic carbocycles. The predicted molar refractivity (Wildman–Crippen MR) is 107 cm³/mol. The molecule has 0 bridgehead atoms. The summed E-state index contributed by atoms with van der Waals surface area (Å²) in [5.41, 5.74) is 8.15. The molecule has 1 aromatic heterocycles. The van der Waals surface area contributed by atoms with Gasteiger partial charge in [0.05, 0.1) is 6.54 Å². The lowest BCUT2D eigenvalue weighted by atomic mass is 9.96. The van der Waals surface area contributed by atoms with Gasteiger partial charge >= 0.3 is 0 Å². The Labute approximate surface area is 157 Å². The molecule has 2 aliphatic heterocycles. The summed E-state index contributed by atoms with van der Waals surface area (Å²) in [7, 11) is 0. The third-order valence-corrected chi connectivity index (χ3v) is 5.31. The van der Waals surface area contributed by atoms with Crippen LogP contribution in [-0.4, -0.2) is 36.7 Å². The second-order valence-corrected chi connectivity index (χ2v) is 7.01. The highest BCUT2D eigenvalue weighted by molar-refractivity contribution is 6.26. The van der Waals surface area contributed by atoms with Crippen LogP contribution in [0.4, 0.5) is 5.69 Å². The number of aromatic nitrogens is 1. The zero-order valence-corrected chi connectivity index (χ0v) is 15.1. The first-order chi connectivity index (χ1) is 13.2. The van der Waals surface area contributed by atoms with Gasteiger partial charge in [0.2, 0.25) is 5.88 Å². The number of benzene rings is 1. The molecule has 0 amide bonds. The van der Waals surface area contributed by atoms with Crippen LogP contribution in [0.15, 0.2) is 47.1 Å². The van der Waals surface area contributed by atoms with E-state index in [2.05, 4.69) is 40.4 Å². The molecular weight excluding hydrogens is 338 g/mol. The molecular formula is C22H19N3O2. The Morgan fingerprint density at radius 3 is 3.04 bits per heavy atom. The Balaban J connectivity index is 1.59. The average molecular weight is 357 g/mol. The van der Waals surface area contributed by atoms with Gasteiger partial charge in [-0.3, -0.25) is 9.79 Å². The van der Waals surface area contributed by atoms with Crippen LogP contribution in [0, 0.1) is 6.92 Å². The molecule has 0 fully saturated rings. The molecule has 27 heavy (non-hydrogen) atoms. The number of nitrogens with zero attached hydrogens (tertiary/aromatic N) is 2. The van der Waals surface area contributed by atoms with E-state index in [9.17, 15) is 4.79 Å². The fourth-order valence-corrected chi connectivity index (χ4v) is 3.88. The number of Topliss-reactive ketones (excluding diaryl/α,β-unsaturated/α-hetero) is 1. The molecule has 1 N–H and O–H groups in total. The Hall–Kier alpha value is -3.21. The van der Waals surface area contributed by atoms with Gasteiger partial charge < -0.3 is 10.1 Å². The SMILES string of the molecule is Cc1c(-c2ccc3c(c2)/C(=C/C2=CC=NC2)C(=O)C3)cnc2c1NCCO2. The quantitative estimate of drug-likeness (QED) is 0.837. The minimum atomic E-state index is 0.172. The average Bonchev–Trinajstić information content (AvgIpc) is 3.31. The van der Waals surface area contributed by atoms with E-state index in [0.717, 1.165) is 51.2 Å². The summed E-state index contributed by atoms with van der Waals surface area (Å²) in [4.78, 5) is 21.2. The van der Waals surface area contributed by atoms with Gasteiger partial charge in [0.25, 0.3) is 0 Å². The van der Waals surface area contributed by atoms with Crippen LogP contribution in [0.1, 0.15) is 16.7 Å². The number of carbonyl (C=O) groups is 1. The zero-order chi connectivity index (χ0) is 18.4. The zero-order valence-electron chi connectivity index (χ0n) is 15.1. The van der Waals surface area contributed by atoms with Crippen LogP contribution < -0.4 is 10.1 Å². The van der Waals surface area contributed by atoms with Gasteiger partial charge in [-0.2, -0.15) is 0 Å². The van der Waals surface area contributed by atoms with Crippen molar-refractivity contribution in [1.82, 2.24) is 4.98 Å². The molecule has 0 saturated heterocycles. The smallest absolute Gasteiger partial charge is 0.237 e. The fourth-order valence-electron chi connectivity index (χ4n) is 3.88. The largest absolute Gasteiger partial charge is 0.474 e. The summed E-state index contributed by atoms with van der Waals surface area (Å²) >= 11 is 0. The molecule has 3 heterocycles. The first-order valence-corrected chi connectivity index (χ1v) is 9.14. The lowest BCUT2D eigenvalue weighted by Crippen LogP contribution is -2.20. The second kappa shape index (κ2) is 6.20. The lowest BCUT2D eigenvalue weighted by molar-refractivity contribution is -0.112. The van der Waals surface area contributed by atoms with E-state index in [0.29, 0.717) is 25.5 Å². The van der Waals surface area contributed by atoms with E-state index in [1.807, 2.05) is 18.3 Å². The number of ether oxygens (including phenoxy) is 1. The maximum atomic E-state index is 12.6. The molecule has 5 heteroatoms. The summed E-state index contributed by atoms with van der Waals surface area (Å²) in [6.07, 6.45) is 8.06. The van der Waals surface area contributed by atoms with Crippen molar-refractivity contribution in [3.8, 4) is 17.0 Å². The molecule has 0 spiro atoms. The highest BCUT2D eigenvalue weighted by Crippen LogP contribution is 2.38. The first kappa shape index (κ1) is 16.0. The van der Waals surface area contributed by atoms with Gasteiger partial charge in [0.15, 0.2) is 5.78 Å². The van der Waals surface area contributed by atoms with Crippen molar-refractivity contribution in [2.45, 2.75) is 13.3 Å². The number of fused-ring (bicyclic) bond motifs is 2. The number of nitrogens with one attached hydrogen (secondary N) is 1. The van der Waals surface area contributed by atoms with Crippen LogP contribution in [0.3, 0.4) is 0 Å². The number of pyridine rings is 1. The minimum Gasteiger partial charge on any atom is -0.474 e. The molecule has 0 atom stereocenters. The summed E-state index contributed by atoms with van der Waals surface area (Å²) < 4.78 is 5.63. The number of allylic oxidation sites excluding steroid dienone is 2. The Bertz CT molecular complexity index is 1060. The number of aliphatic imine (C=N–C) groups is 1. The maximum Gasteiger partial charge on any atom is 0.237 e. The van der Waals surface area contributed by atoms with Crippen molar-refractivity contribution in [2.24, 2.45) is 4.99 Å². The lowest BCUT2D eigenvalue weighted by Gasteiger charge is -2.21. The molecule has 0 radical (unpaired) electrons. The minimum absolute atomic E-state index is 0.172. The Morgan fingerprint density at radius 2 is 2.19 bits per heavy atom. The first-order valence-electron chi connectivity index (χ1n) is 9.14. The second-order valence-electron chi connectivity index (χ2n) is 7.01. The standard InChI is InChI=1S/C22H19N3O2/c1-13-19(12-25-22-21(13)24-6-7-27-22)15-2-3-16-10-20(26)18(17(16)9-15)8-14-4-5-23-11-14/h2-5,8-9,12,24H,6-7,10-11H2,1H3/b18-8-. The molecule has 5 nitrogen and oxygen atoms in total. The van der Waals surface area contributed by atoms with Gasteiger partial charge in [-0.15, -0.1) is 0 Å². The third kappa shape index (κ3) is 2.67. The number of rotatable bonds is 2. The van der Waals surface area contributed by atoms with Crippen molar-refractivity contribution in [3.05, 3.63) is 58.8 Å². The molecule has 5 rings (SSSR count). The molecule has 134 valence electrons. The molecule has 1 aromatic carbocycles. The van der Waals surface area contributed by atoms with Crippen molar-refractivity contribution in [1.29, 1.82) is 0 Å². The van der Waals surface area contributed by atoms with Crippen LogP contribution in [0.25, 0.3) is 16.7 Å². The highest BCUT2D eigenvalue weighted by atomic mass is 16.5. The van der Waals surface area contributed by atoms with Crippen LogP contribution in [0.2, 0.25) is 0 Å². The summed E-state index contributed by atoms with van der Waals surface area (Å²) in [5, 5.41) is 3.38. The van der Waals surface area contributed by atoms with E-state index < -0.39 is 0 Å².